The first kappa shape index (κ1) is 11.2. The second-order valence-corrected chi connectivity index (χ2v) is 5.12. The van der Waals surface area contributed by atoms with E-state index >= 15 is 0 Å². The number of hydrogen-bond donors (Lipinski definition) is 1. The van der Waals surface area contributed by atoms with E-state index < -0.39 is 0 Å². The van der Waals surface area contributed by atoms with Crippen LogP contribution in [0.1, 0.15) is 48.7 Å². The highest BCUT2D eigenvalue weighted by Crippen LogP contribution is 2.29. The summed E-state index contributed by atoms with van der Waals surface area (Å²) in [5, 5.41) is 2.87. The molecule has 1 aromatic carbocycles. The minimum Gasteiger partial charge on any atom is -0.352 e. The van der Waals surface area contributed by atoms with E-state index in [9.17, 15) is 4.79 Å². The Morgan fingerprint density at radius 1 is 1.38 bits per heavy atom. The van der Waals surface area contributed by atoms with Gasteiger partial charge >= 0.3 is 0 Å². The zero-order valence-electron chi connectivity index (χ0n) is 10.3. The van der Waals surface area contributed by atoms with Crippen LogP contribution in [0.15, 0.2) is 18.2 Å². The molecule has 0 spiro atoms. The Kier molecular flexibility index (Phi) is 2.75. The molecule has 0 radical (unpaired) electrons. The van der Waals surface area contributed by atoms with Crippen LogP contribution in [-0.2, 0) is 11.8 Å². The standard InChI is InChI=1S/C14H19NO/c1-4-14(2,3)11-5-6-12-10(9-11)7-8-15-13(12)16/h5-6,9H,4,7-8H2,1-3H3,(H,15,16). The van der Waals surface area contributed by atoms with Crippen molar-refractivity contribution < 1.29 is 4.79 Å². The molecule has 2 nitrogen and oxygen atoms in total. The molecule has 0 bridgehead atoms. The minimum atomic E-state index is 0.0714. The van der Waals surface area contributed by atoms with Gasteiger partial charge in [-0.2, -0.15) is 0 Å². The molecule has 2 heteroatoms. The molecule has 1 amide bonds. The summed E-state index contributed by atoms with van der Waals surface area (Å²) >= 11 is 0. The zero-order chi connectivity index (χ0) is 11.8. The van der Waals surface area contributed by atoms with Crippen molar-refractivity contribution in [2.75, 3.05) is 6.54 Å². The second kappa shape index (κ2) is 3.93. The molecular formula is C14H19NO. The molecule has 0 saturated heterocycles. The van der Waals surface area contributed by atoms with Gasteiger partial charge in [0.25, 0.3) is 5.91 Å². The van der Waals surface area contributed by atoms with E-state index in [1.54, 1.807) is 0 Å². The van der Waals surface area contributed by atoms with Gasteiger partial charge in [0.2, 0.25) is 0 Å². The maximum absolute atomic E-state index is 11.6. The number of carbonyl (C=O) groups is 1. The number of carbonyl (C=O) groups excluding carboxylic acids is 1. The zero-order valence-corrected chi connectivity index (χ0v) is 10.3. The molecule has 86 valence electrons. The maximum atomic E-state index is 11.6. The molecule has 0 saturated carbocycles. The van der Waals surface area contributed by atoms with Gasteiger partial charge < -0.3 is 5.32 Å². The smallest absolute Gasteiger partial charge is 0.251 e. The van der Waals surface area contributed by atoms with Crippen molar-refractivity contribution in [3.05, 3.63) is 34.9 Å². The summed E-state index contributed by atoms with van der Waals surface area (Å²) in [4.78, 5) is 11.6. The highest BCUT2D eigenvalue weighted by molar-refractivity contribution is 5.96. The molecule has 0 unspecified atom stereocenters. The lowest BCUT2D eigenvalue weighted by Gasteiger charge is -2.26. The molecule has 0 fully saturated rings. The van der Waals surface area contributed by atoms with Crippen molar-refractivity contribution in [1.82, 2.24) is 5.32 Å². The highest BCUT2D eigenvalue weighted by atomic mass is 16.1. The summed E-state index contributed by atoms with van der Waals surface area (Å²) in [5.74, 6) is 0.0714. The number of fused-ring (bicyclic) bond motifs is 1. The maximum Gasteiger partial charge on any atom is 0.251 e. The van der Waals surface area contributed by atoms with Crippen LogP contribution in [0.25, 0.3) is 0 Å². The van der Waals surface area contributed by atoms with Crippen LogP contribution in [0.3, 0.4) is 0 Å². The third-order valence-corrected chi connectivity index (χ3v) is 3.70. The van der Waals surface area contributed by atoms with E-state index in [1.165, 1.54) is 11.1 Å². The van der Waals surface area contributed by atoms with E-state index in [2.05, 4.69) is 38.2 Å². The Hall–Kier alpha value is -1.31. The number of benzene rings is 1. The van der Waals surface area contributed by atoms with Crippen molar-refractivity contribution in [2.45, 2.75) is 39.0 Å². The Morgan fingerprint density at radius 2 is 2.12 bits per heavy atom. The lowest BCUT2D eigenvalue weighted by molar-refractivity contribution is 0.0946. The fourth-order valence-corrected chi connectivity index (χ4v) is 2.05. The largest absolute Gasteiger partial charge is 0.352 e. The molecule has 1 aliphatic rings. The predicted molar refractivity (Wildman–Crippen MR) is 65.8 cm³/mol. The summed E-state index contributed by atoms with van der Waals surface area (Å²) in [7, 11) is 0. The van der Waals surface area contributed by atoms with Gasteiger partial charge in [0, 0.05) is 12.1 Å². The minimum absolute atomic E-state index is 0.0714. The average Bonchev–Trinajstić information content (AvgIpc) is 2.29. The van der Waals surface area contributed by atoms with Gasteiger partial charge in [-0.05, 0) is 35.4 Å². The van der Waals surface area contributed by atoms with Gasteiger partial charge in [0.15, 0.2) is 0 Å². The molecule has 16 heavy (non-hydrogen) atoms. The summed E-state index contributed by atoms with van der Waals surface area (Å²) in [6.45, 7) is 7.46. The monoisotopic (exact) mass is 217 g/mol. The van der Waals surface area contributed by atoms with Crippen molar-refractivity contribution in [1.29, 1.82) is 0 Å². The highest BCUT2D eigenvalue weighted by Gasteiger charge is 2.22. The van der Waals surface area contributed by atoms with E-state index in [1.807, 2.05) is 6.07 Å². The molecule has 1 heterocycles. The van der Waals surface area contributed by atoms with E-state index in [0.717, 1.165) is 24.9 Å². The Morgan fingerprint density at radius 3 is 2.81 bits per heavy atom. The van der Waals surface area contributed by atoms with Crippen LogP contribution >= 0.6 is 0 Å². The van der Waals surface area contributed by atoms with Gasteiger partial charge in [-0.3, -0.25) is 4.79 Å². The number of amides is 1. The van der Waals surface area contributed by atoms with Crippen LogP contribution in [0, 0.1) is 0 Å². The SMILES string of the molecule is CCC(C)(C)c1ccc2c(c1)CCNC2=O. The number of nitrogens with one attached hydrogen (secondary N) is 1. The molecule has 1 N–H and O–H groups in total. The van der Waals surface area contributed by atoms with Crippen LogP contribution < -0.4 is 5.32 Å². The summed E-state index contributed by atoms with van der Waals surface area (Å²) in [6, 6.07) is 6.27. The third-order valence-electron chi connectivity index (χ3n) is 3.70. The molecule has 0 atom stereocenters. The lowest BCUT2D eigenvalue weighted by Crippen LogP contribution is -2.32. The Balaban J connectivity index is 2.43. The third kappa shape index (κ3) is 1.84. The van der Waals surface area contributed by atoms with Crippen molar-refractivity contribution in [2.24, 2.45) is 0 Å². The van der Waals surface area contributed by atoms with Crippen LogP contribution in [0.4, 0.5) is 0 Å². The summed E-state index contributed by atoms with van der Waals surface area (Å²) in [5.41, 5.74) is 3.58. The quantitative estimate of drug-likeness (QED) is 0.810. The fourth-order valence-electron chi connectivity index (χ4n) is 2.05. The molecule has 0 aliphatic carbocycles. The Labute approximate surface area is 97.1 Å². The van der Waals surface area contributed by atoms with Gasteiger partial charge in [0.1, 0.15) is 0 Å². The second-order valence-electron chi connectivity index (χ2n) is 5.12. The van der Waals surface area contributed by atoms with E-state index in [-0.39, 0.29) is 11.3 Å². The Bertz CT molecular complexity index is 421. The van der Waals surface area contributed by atoms with Crippen LogP contribution in [0.2, 0.25) is 0 Å². The molecule has 1 aromatic rings. The van der Waals surface area contributed by atoms with E-state index in [4.69, 9.17) is 0 Å². The summed E-state index contributed by atoms with van der Waals surface area (Å²) < 4.78 is 0. The fraction of sp³-hybridized carbons (Fsp3) is 0.500. The first-order chi connectivity index (χ1) is 7.54. The van der Waals surface area contributed by atoms with Gasteiger partial charge in [-0.25, -0.2) is 0 Å². The molecular weight excluding hydrogens is 198 g/mol. The average molecular weight is 217 g/mol. The van der Waals surface area contributed by atoms with Crippen molar-refractivity contribution in [3.8, 4) is 0 Å². The normalized spacial score (nSPS) is 15.6. The van der Waals surface area contributed by atoms with Gasteiger partial charge in [0.05, 0.1) is 0 Å². The number of hydrogen-bond acceptors (Lipinski definition) is 1. The summed E-state index contributed by atoms with van der Waals surface area (Å²) in [6.07, 6.45) is 2.06. The molecule has 2 rings (SSSR count). The van der Waals surface area contributed by atoms with E-state index in [0.29, 0.717) is 0 Å². The topological polar surface area (TPSA) is 29.1 Å². The van der Waals surface area contributed by atoms with Crippen molar-refractivity contribution in [3.63, 3.8) is 0 Å². The van der Waals surface area contributed by atoms with Gasteiger partial charge in [-0.1, -0.05) is 32.9 Å². The van der Waals surface area contributed by atoms with Crippen molar-refractivity contribution >= 4 is 5.91 Å². The lowest BCUT2D eigenvalue weighted by atomic mass is 9.80. The predicted octanol–water partition coefficient (Wildman–Crippen LogP) is 2.66. The van der Waals surface area contributed by atoms with Crippen LogP contribution in [-0.4, -0.2) is 12.5 Å². The number of rotatable bonds is 2. The molecule has 1 aliphatic heterocycles. The van der Waals surface area contributed by atoms with Crippen LogP contribution in [0.5, 0.6) is 0 Å². The molecule has 0 aromatic heterocycles. The van der Waals surface area contributed by atoms with Gasteiger partial charge in [-0.15, -0.1) is 0 Å². The first-order valence-corrected chi connectivity index (χ1v) is 5.96. The first-order valence-electron chi connectivity index (χ1n) is 5.96.